The van der Waals surface area contributed by atoms with Crippen molar-refractivity contribution in [2.24, 2.45) is 4.99 Å². The summed E-state index contributed by atoms with van der Waals surface area (Å²) in [4.78, 5) is 12.8. The lowest BCUT2D eigenvalue weighted by molar-refractivity contribution is 0.412. The second-order valence-corrected chi connectivity index (χ2v) is 7.35. The highest BCUT2D eigenvalue weighted by atomic mass is 32.1. The summed E-state index contributed by atoms with van der Waals surface area (Å²) in [5, 5.41) is 3.11. The minimum atomic E-state index is 0.819. The SMILES string of the molecule is COc1cc(=C2C=c3cc(C)sc3=N2)[nH]/c1=C\c1[nH]c(C)cc1C. The van der Waals surface area contributed by atoms with Gasteiger partial charge >= 0.3 is 0 Å². The van der Waals surface area contributed by atoms with E-state index >= 15 is 0 Å². The highest BCUT2D eigenvalue weighted by molar-refractivity contribution is 7.09. The molecule has 0 aliphatic carbocycles. The molecule has 0 amide bonds. The summed E-state index contributed by atoms with van der Waals surface area (Å²) in [5.74, 6) is 0.819. The van der Waals surface area contributed by atoms with Crippen LogP contribution in [0.1, 0.15) is 21.8 Å². The molecule has 3 aromatic heterocycles. The number of nitrogens with zero attached hydrogens (tertiary/aromatic N) is 1. The van der Waals surface area contributed by atoms with E-state index in [1.165, 1.54) is 15.7 Å². The number of methoxy groups -OCH3 is 1. The van der Waals surface area contributed by atoms with E-state index in [2.05, 4.69) is 55.0 Å². The molecule has 0 saturated heterocycles. The fraction of sp³-hybridized carbons (Fsp3) is 0.211. The topological polar surface area (TPSA) is 53.2 Å². The molecular weight excluding hydrogens is 318 g/mol. The standard InChI is InChI=1S/C19H19N3OS/c1-10-5-11(2)20-14(10)8-17-18(23-4)9-16(21-17)15-7-13-6-12(3)24-19(13)22-15/h5-9,20-21H,1-4H3/b16-15?,17-8-. The minimum absolute atomic E-state index is 0.819. The largest absolute Gasteiger partial charge is 0.494 e. The molecule has 122 valence electrons. The van der Waals surface area contributed by atoms with E-state index in [-0.39, 0.29) is 0 Å². The summed E-state index contributed by atoms with van der Waals surface area (Å²) in [5.41, 5.74) is 4.41. The molecule has 24 heavy (non-hydrogen) atoms. The highest BCUT2D eigenvalue weighted by Crippen LogP contribution is 2.11. The second kappa shape index (κ2) is 5.53. The van der Waals surface area contributed by atoms with E-state index in [1.807, 2.05) is 6.07 Å². The Morgan fingerprint density at radius 1 is 1.12 bits per heavy atom. The molecule has 0 saturated carbocycles. The summed E-state index contributed by atoms with van der Waals surface area (Å²) < 4.78 is 6.62. The number of nitrogens with one attached hydrogen (secondary N) is 2. The van der Waals surface area contributed by atoms with E-state index in [9.17, 15) is 0 Å². The molecule has 4 nitrogen and oxygen atoms in total. The molecule has 0 spiro atoms. The number of fused-ring (bicyclic) bond motifs is 1. The molecule has 3 aromatic rings. The average molecular weight is 337 g/mol. The third-order valence-electron chi connectivity index (χ3n) is 4.16. The summed E-state index contributed by atoms with van der Waals surface area (Å²) in [6, 6.07) is 6.32. The van der Waals surface area contributed by atoms with E-state index in [1.54, 1.807) is 18.4 Å². The minimum Gasteiger partial charge on any atom is -0.494 e. The van der Waals surface area contributed by atoms with Gasteiger partial charge in [-0.2, -0.15) is 0 Å². The first-order chi connectivity index (χ1) is 11.5. The molecule has 0 radical (unpaired) electrons. The van der Waals surface area contributed by atoms with Gasteiger partial charge in [0.15, 0.2) is 0 Å². The molecule has 0 aromatic carbocycles. The molecule has 1 aliphatic heterocycles. The average Bonchev–Trinajstić information content (AvgIpc) is 3.23. The van der Waals surface area contributed by atoms with Crippen LogP contribution in [-0.4, -0.2) is 17.1 Å². The van der Waals surface area contributed by atoms with Crippen molar-refractivity contribution in [3.63, 3.8) is 0 Å². The van der Waals surface area contributed by atoms with Crippen molar-refractivity contribution in [3.05, 3.63) is 60.6 Å². The number of aromatic nitrogens is 2. The summed E-state index contributed by atoms with van der Waals surface area (Å²) >= 11 is 1.72. The Kier molecular flexibility index (Phi) is 3.46. The van der Waals surface area contributed by atoms with Gasteiger partial charge in [0.1, 0.15) is 10.4 Å². The molecule has 0 atom stereocenters. The van der Waals surface area contributed by atoms with Crippen molar-refractivity contribution < 1.29 is 4.74 Å². The van der Waals surface area contributed by atoms with E-state index in [0.717, 1.165) is 38.2 Å². The van der Waals surface area contributed by atoms with Crippen LogP contribution in [0.25, 0.3) is 17.8 Å². The molecule has 0 fully saturated rings. The van der Waals surface area contributed by atoms with Crippen molar-refractivity contribution in [1.82, 2.24) is 9.97 Å². The third-order valence-corrected chi connectivity index (χ3v) is 5.12. The maximum atomic E-state index is 5.54. The first kappa shape index (κ1) is 15.0. The molecule has 1 aliphatic rings. The number of aromatic amines is 2. The van der Waals surface area contributed by atoms with Crippen LogP contribution < -0.4 is 25.3 Å². The number of hydrogen-bond donors (Lipinski definition) is 2. The number of hydrogen-bond acceptors (Lipinski definition) is 3. The van der Waals surface area contributed by atoms with Crippen LogP contribution in [-0.2, 0) is 0 Å². The number of thiophene rings is 1. The Morgan fingerprint density at radius 3 is 2.62 bits per heavy atom. The van der Waals surface area contributed by atoms with Crippen molar-refractivity contribution in [2.45, 2.75) is 20.8 Å². The van der Waals surface area contributed by atoms with Crippen LogP contribution in [0.2, 0.25) is 0 Å². The van der Waals surface area contributed by atoms with Crippen LogP contribution in [0.5, 0.6) is 5.75 Å². The first-order valence-corrected chi connectivity index (χ1v) is 8.67. The second-order valence-electron chi connectivity index (χ2n) is 6.12. The van der Waals surface area contributed by atoms with Gasteiger partial charge in [0.2, 0.25) is 0 Å². The zero-order valence-corrected chi connectivity index (χ0v) is 15.0. The normalized spacial score (nSPS) is 16.1. The predicted octanol–water partition coefficient (Wildman–Crippen LogP) is 1.39. The van der Waals surface area contributed by atoms with E-state index in [0.29, 0.717) is 0 Å². The third kappa shape index (κ3) is 2.51. The first-order valence-electron chi connectivity index (χ1n) is 7.85. The number of H-pyrrole nitrogens is 2. The Balaban J connectivity index is 1.90. The molecule has 0 bridgehead atoms. The Hall–Kier alpha value is -2.53. The maximum Gasteiger partial charge on any atom is 0.144 e. The van der Waals surface area contributed by atoms with Gasteiger partial charge in [-0.3, -0.25) is 0 Å². The van der Waals surface area contributed by atoms with Gasteiger partial charge in [-0.25, -0.2) is 4.99 Å². The summed E-state index contributed by atoms with van der Waals surface area (Å²) in [6.45, 7) is 6.27. The fourth-order valence-electron chi connectivity index (χ4n) is 3.05. The zero-order chi connectivity index (χ0) is 16.8. The van der Waals surface area contributed by atoms with Crippen LogP contribution in [0.4, 0.5) is 0 Å². The Morgan fingerprint density at radius 2 is 1.96 bits per heavy atom. The summed E-state index contributed by atoms with van der Waals surface area (Å²) in [7, 11) is 1.69. The monoisotopic (exact) mass is 337 g/mol. The van der Waals surface area contributed by atoms with Gasteiger partial charge in [0.05, 0.1) is 23.5 Å². The van der Waals surface area contributed by atoms with Crippen LogP contribution in [0.15, 0.2) is 23.2 Å². The lowest BCUT2D eigenvalue weighted by atomic mass is 10.2. The zero-order valence-electron chi connectivity index (χ0n) is 14.2. The van der Waals surface area contributed by atoms with E-state index < -0.39 is 0 Å². The van der Waals surface area contributed by atoms with Crippen LogP contribution in [0, 0.1) is 20.8 Å². The van der Waals surface area contributed by atoms with Crippen LogP contribution >= 0.6 is 11.3 Å². The molecule has 0 unspecified atom stereocenters. The molecular formula is C19H19N3OS. The molecule has 5 heteroatoms. The number of rotatable bonds is 2. The van der Waals surface area contributed by atoms with Gasteiger partial charge in [-0.15, -0.1) is 11.3 Å². The lowest BCUT2D eigenvalue weighted by Gasteiger charge is -1.94. The van der Waals surface area contributed by atoms with Gasteiger partial charge in [-0.05, 0) is 50.6 Å². The highest BCUT2D eigenvalue weighted by Gasteiger charge is 2.08. The Bertz CT molecular complexity index is 1140. The molecule has 2 N–H and O–H groups in total. The summed E-state index contributed by atoms with van der Waals surface area (Å²) in [6.07, 6.45) is 4.21. The van der Waals surface area contributed by atoms with Crippen molar-refractivity contribution >= 4 is 29.2 Å². The lowest BCUT2D eigenvalue weighted by Crippen LogP contribution is -2.12. The number of ether oxygens (including phenoxy) is 1. The number of aryl methyl sites for hydroxylation is 3. The van der Waals surface area contributed by atoms with Crippen molar-refractivity contribution in [3.8, 4) is 5.75 Å². The smallest absolute Gasteiger partial charge is 0.144 e. The maximum absolute atomic E-state index is 5.54. The van der Waals surface area contributed by atoms with E-state index in [4.69, 9.17) is 9.73 Å². The molecule has 4 heterocycles. The quantitative estimate of drug-likeness (QED) is 0.729. The van der Waals surface area contributed by atoms with Gasteiger partial charge in [0, 0.05) is 27.6 Å². The van der Waals surface area contributed by atoms with Gasteiger partial charge in [0.25, 0.3) is 0 Å². The van der Waals surface area contributed by atoms with Crippen molar-refractivity contribution in [1.29, 1.82) is 0 Å². The van der Waals surface area contributed by atoms with Crippen LogP contribution in [0.3, 0.4) is 0 Å². The Labute approximate surface area is 143 Å². The predicted molar refractivity (Wildman–Crippen MR) is 98.1 cm³/mol. The van der Waals surface area contributed by atoms with Crippen molar-refractivity contribution in [2.75, 3.05) is 7.11 Å². The van der Waals surface area contributed by atoms with Gasteiger partial charge in [-0.1, -0.05) is 0 Å². The fourth-order valence-corrected chi connectivity index (χ4v) is 3.92. The molecule has 4 rings (SSSR count). The van der Waals surface area contributed by atoms with Gasteiger partial charge < -0.3 is 14.7 Å².